The van der Waals surface area contributed by atoms with E-state index in [0.29, 0.717) is 25.6 Å². The van der Waals surface area contributed by atoms with Gasteiger partial charge in [-0.3, -0.25) is 9.98 Å². The summed E-state index contributed by atoms with van der Waals surface area (Å²) in [6.45, 7) is 5.70. The molecule has 1 aromatic heterocycles. The molecule has 33 heavy (non-hydrogen) atoms. The Bertz CT molecular complexity index is 1060. The van der Waals surface area contributed by atoms with Crippen LogP contribution in [-0.2, 0) is 17.8 Å². The Morgan fingerprint density at radius 3 is 2.79 bits per heavy atom. The SMILES string of the molecule is CN=C(NCc1cccc(-c2ccccn2)c1)NCc1ccc(C)cc1OCC1CCOC1. The van der Waals surface area contributed by atoms with Gasteiger partial charge in [0.05, 0.1) is 18.9 Å². The molecule has 0 amide bonds. The summed E-state index contributed by atoms with van der Waals surface area (Å²) in [6.07, 6.45) is 2.88. The van der Waals surface area contributed by atoms with Gasteiger partial charge in [-0.15, -0.1) is 0 Å². The molecular weight excluding hydrogens is 412 g/mol. The Hall–Kier alpha value is -3.38. The number of pyridine rings is 1. The maximum absolute atomic E-state index is 6.17. The molecule has 0 radical (unpaired) electrons. The van der Waals surface area contributed by atoms with Crippen LogP contribution in [0.5, 0.6) is 5.75 Å². The van der Waals surface area contributed by atoms with Crippen molar-refractivity contribution in [1.82, 2.24) is 15.6 Å². The van der Waals surface area contributed by atoms with Crippen molar-refractivity contribution in [1.29, 1.82) is 0 Å². The number of nitrogens with zero attached hydrogens (tertiary/aromatic N) is 2. The lowest BCUT2D eigenvalue weighted by atomic mass is 10.1. The minimum absolute atomic E-state index is 0.475. The van der Waals surface area contributed by atoms with E-state index in [1.807, 2.05) is 24.4 Å². The number of guanidine groups is 1. The normalized spacial score (nSPS) is 15.9. The Balaban J connectivity index is 1.34. The molecule has 1 aliphatic rings. The molecule has 6 heteroatoms. The van der Waals surface area contributed by atoms with E-state index in [-0.39, 0.29) is 0 Å². The molecule has 0 saturated carbocycles. The van der Waals surface area contributed by atoms with E-state index >= 15 is 0 Å². The Labute approximate surface area is 196 Å². The highest BCUT2D eigenvalue weighted by Crippen LogP contribution is 2.23. The zero-order valence-electron chi connectivity index (χ0n) is 19.4. The highest BCUT2D eigenvalue weighted by molar-refractivity contribution is 5.79. The van der Waals surface area contributed by atoms with Gasteiger partial charge < -0.3 is 20.1 Å². The topological polar surface area (TPSA) is 67.8 Å². The van der Waals surface area contributed by atoms with Crippen LogP contribution in [0.2, 0.25) is 0 Å². The molecule has 6 nitrogen and oxygen atoms in total. The summed E-state index contributed by atoms with van der Waals surface area (Å²) < 4.78 is 11.6. The van der Waals surface area contributed by atoms with E-state index in [4.69, 9.17) is 9.47 Å². The second kappa shape index (κ2) is 11.5. The second-order valence-corrected chi connectivity index (χ2v) is 8.35. The third kappa shape index (κ3) is 6.56. The standard InChI is InChI=1S/C27H32N4O2/c1-20-9-10-24(26(14-20)33-19-22-11-13-32-18-22)17-31-27(28-2)30-16-21-6-5-7-23(15-21)25-8-3-4-12-29-25/h3-10,12,14-15,22H,11,13,16-19H2,1-2H3,(H2,28,30,31). The molecule has 4 rings (SSSR count). The number of hydrogen-bond acceptors (Lipinski definition) is 4. The van der Waals surface area contributed by atoms with Crippen molar-refractivity contribution in [2.45, 2.75) is 26.4 Å². The fourth-order valence-corrected chi connectivity index (χ4v) is 3.82. The van der Waals surface area contributed by atoms with Gasteiger partial charge in [-0.25, -0.2) is 0 Å². The summed E-state index contributed by atoms with van der Waals surface area (Å²) in [5.74, 6) is 2.14. The third-order valence-electron chi connectivity index (χ3n) is 5.74. The molecule has 1 aliphatic heterocycles. The smallest absolute Gasteiger partial charge is 0.191 e. The summed E-state index contributed by atoms with van der Waals surface area (Å²) in [5.41, 5.74) is 5.54. The van der Waals surface area contributed by atoms with Gasteiger partial charge in [-0.1, -0.05) is 36.4 Å². The fourth-order valence-electron chi connectivity index (χ4n) is 3.82. The first-order valence-electron chi connectivity index (χ1n) is 11.5. The van der Waals surface area contributed by atoms with E-state index in [1.165, 1.54) is 11.1 Å². The first kappa shape index (κ1) is 22.8. The van der Waals surface area contributed by atoms with E-state index < -0.39 is 0 Å². The van der Waals surface area contributed by atoms with Crippen molar-refractivity contribution >= 4 is 5.96 Å². The van der Waals surface area contributed by atoms with Gasteiger partial charge in [0.15, 0.2) is 5.96 Å². The van der Waals surface area contributed by atoms with E-state index in [0.717, 1.165) is 48.2 Å². The Morgan fingerprint density at radius 2 is 2.00 bits per heavy atom. The molecule has 1 fully saturated rings. The molecule has 0 spiro atoms. The number of aromatic nitrogens is 1. The Morgan fingerprint density at radius 1 is 1.09 bits per heavy atom. The van der Waals surface area contributed by atoms with Crippen LogP contribution >= 0.6 is 0 Å². The van der Waals surface area contributed by atoms with Crippen LogP contribution in [0.1, 0.15) is 23.1 Å². The van der Waals surface area contributed by atoms with Crippen LogP contribution in [0.4, 0.5) is 0 Å². The highest BCUT2D eigenvalue weighted by atomic mass is 16.5. The lowest BCUT2D eigenvalue weighted by Crippen LogP contribution is -2.36. The van der Waals surface area contributed by atoms with Gasteiger partial charge in [0.25, 0.3) is 0 Å². The molecule has 0 aliphatic carbocycles. The van der Waals surface area contributed by atoms with Gasteiger partial charge in [0, 0.05) is 50.0 Å². The number of rotatable bonds is 8. The molecule has 2 heterocycles. The van der Waals surface area contributed by atoms with Gasteiger partial charge in [0.2, 0.25) is 0 Å². The molecule has 3 aromatic rings. The third-order valence-corrected chi connectivity index (χ3v) is 5.74. The molecular formula is C27H32N4O2. The predicted molar refractivity (Wildman–Crippen MR) is 132 cm³/mol. The molecule has 172 valence electrons. The van der Waals surface area contributed by atoms with E-state index in [1.54, 1.807) is 7.05 Å². The molecule has 2 N–H and O–H groups in total. The first-order valence-corrected chi connectivity index (χ1v) is 11.5. The molecule has 1 saturated heterocycles. The summed E-state index contributed by atoms with van der Waals surface area (Å²) in [4.78, 5) is 8.82. The average Bonchev–Trinajstić information content (AvgIpc) is 3.38. The molecule has 0 bridgehead atoms. The molecule has 1 unspecified atom stereocenters. The highest BCUT2D eigenvalue weighted by Gasteiger charge is 2.17. The molecule has 2 aromatic carbocycles. The summed E-state index contributed by atoms with van der Waals surface area (Å²) in [6, 6.07) is 20.7. The summed E-state index contributed by atoms with van der Waals surface area (Å²) in [5, 5.41) is 6.82. The van der Waals surface area contributed by atoms with Crippen LogP contribution in [-0.4, -0.2) is 37.8 Å². The van der Waals surface area contributed by atoms with E-state index in [2.05, 4.69) is 70.0 Å². The summed E-state index contributed by atoms with van der Waals surface area (Å²) in [7, 11) is 1.78. The molecule has 1 atom stereocenters. The van der Waals surface area contributed by atoms with Crippen molar-refractivity contribution in [2.24, 2.45) is 10.9 Å². The van der Waals surface area contributed by atoms with Gasteiger partial charge in [-0.05, 0) is 48.7 Å². The van der Waals surface area contributed by atoms with Gasteiger partial charge in [-0.2, -0.15) is 0 Å². The van der Waals surface area contributed by atoms with Crippen LogP contribution in [0.15, 0.2) is 71.9 Å². The van der Waals surface area contributed by atoms with Crippen LogP contribution < -0.4 is 15.4 Å². The minimum Gasteiger partial charge on any atom is -0.493 e. The zero-order valence-corrected chi connectivity index (χ0v) is 19.4. The van der Waals surface area contributed by atoms with Crippen molar-refractivity contribution < 1.29 is 9.47 Å². The fraction of sp³-hybridized carbons (Fsp3) is 0.333. The summed E-state index contributed by atoms with van der Waals surface area (Å²) >= 11 is 0. The number of ether oxygens (including phenoxy) is 2. The number of benzene rings is 2. The first-order chi connectivity index (χ1) is 16.2. The van der Waals surface area contributed by atoms with Crippen molar-refractivity contribution in [3.63, 3.8) is 0 Å². The second-order valence-electron chi connectivity index (χ2n) is 8.35. The van der Waals surface area contributed by atoms with Crippen molar-refractivity contribution in [3.8, 4) is 17.0 Å². The maximum atomic E-state index is 6.17. The van der Waals surface area contributed by atoms with Crippen LogP contribution in [0, 0.1) is 12.8 Å². The van der Waals surface area contributed by atoms with Gasteiger partial charge >= 0.3 is 0 Å². The van der Waals surface area contributed by atoms with Crippen LogP contribution in [0.3, 0.4) is 0 Å². The van der Waals surface area contributed by atoms with Crippen LogP contribution in [0.25, 0.3) is 11.3 Å². The van der Waals surface area contributed by atoms with Crippen molar-refractivity contribution in [2.75, 3.05) is 26.9 Å². The number of hydrogen-bond donors (Lipinski definition) is 2. The minimum atomic E-state index is 0.475. The number of nitrogens with one attached hydrogen (secondary N) is 2. The van der Waals surface area contributed by atoms with E-state index in [9.17, 15) is 0 Å². The average molecular weight is 445 g/mol. The lowest BCUT2D eigenvalue weighted by molar-refractivity contribution is 0.166. The zero-order chi connectivity index (χ0) is 22.9. The van der Waals surface area contributed by atoms with Gasteiger partial charge in [0.1, 0.15) is 5.75 Å². The quantitative estimate of drug-likeness (QED) is 0.400. The maximum Gasteiger partial charge on any atom is 0.191 e. The predicted octanol–water partition coefficient (Wildman–Crippen LogP) is 4.34. The van der Waals surface area contributed by atoms with Crippen molar-refractivity contribution in [3.05, 3.63) is 83.6 Å². The largest absolute Gasteiger partial charge is 0.493 e. The monoisotopic (exact) mass is 444 g/mol. The Kier molecular flexibility index (Phi) is 7.93. The number of aliphatic imine (C=N–C) groups is 1. The lowest BCUT2D eigenvalue weighted by Gasteiger charge is -2.17. The number of aryl methyl sites for hydroxylation is 1.